The van der Waals surface area contributed by atoms with Crippen LogP contribution in [-0.2, 0) is 21.4 Å². The summed E-state index contributed by atoms with van der Waals surface area (Å²) in [5.74, 6) is -0.800. The average molecular weight is 466 g/mol. The van der Waals surface area contributed by atoms with Crippen LogP contribution in [0.15, 0.2) is 52.1 Å². The molecule has 1 aromatic carbocycles. The topological polar surface area (TPSA) is 79.4 Å². The molecule has 0 radical (unpaired) electrons. The Morgan fingerprint density at radius 2 is 1.90 bits per heavy atom. The molecule has 1 fully saturated rings. The van der Waals surface area contributed by atoms with Crippen molar-refractivity contribution in [2.24, 2.45) is 5.92 Å². The minimum Gasteiger partial charge on any atom is -0.350 e. The van der Waals surface area contributed by atoms with Crippen molar-refractivity contribution >= 4 is 38.6 Å². The van der Waals surface area contributed by atoms with Gasteiger partial charge in [0.15, 0.2) is 0 Å². The van der Waals surface area contributed by atoms with Gasteiger partial charge in [0.1, 0.15) is 10.8 Å². The van der Waals surface area contributed by atoms with Crippen LogP contribution < -0.4 is 5.32 Å². The summed E-state index contributed by atoms with van der Waals surface area (Å²) >= 11 is 3.17. The molecule has 0 spiro atoms. The number of benzene rings is 1. The number of amides is 1. The largest absolute Gasteiger partial charge is 0.350 e. The Labute approximate surface area is 182 Å². The van der Waals surface area contributed by atoms with Gasteiger partial charge in [0.25, 0.3) is 0 Å². The fourth-order valence-electron chi connectivity index (χ4n) is 3.34. The number of sulfonamides is 1. The van der Waals surface area contributed by atoms with E-state index in [1.165, 1.54) is 16.4 Å². The summed E-state index contributed by atoms with van der Waals surface area (Å²) in [6.45, 7) is 0.878. The van der Waals surface area contributed by atoms with Gasteiger partial charge in [-0.15, -0.1) is 22.7 Å². The molecule has 4 rings (SSSR count). The van der Waals surface area contributed by atoms with Gasteiger partial charge in [-0.2, -0.15) is 4.31 Å². The highest BCUT2D eigenvalue weighted by molar-refractivity contribution is 7.89. The van der Waals surface area contributed by atoms with Crippen LogP contribution in [0.2, 0.25) is 0 Å². The summed E-state index contributed by atoms with van der Waals surface area (Å²) in [7, 11) is -3.67. The third-order valence-electron chi connectivity index (χ3n) is 5.00. The predicted molar refractivity (Wildman–Crippen MR) is 115 cm³/mol. The number of thiophene rings is 1. The van der Waals surface area contributed by atoms with Gasteiger partial charge in [-0.1, -0.05) is 6.07 Å². The van der Waals surface area contributed by atoms with Crippen LogP contribution >= 0.6 is 22.7 Å². The summed E-state index contributed by atoms with van der Waals surface area (Å²) in [6.07, 6.45) is 0.896. The van der Waals surface area contributed by atoms with Crippen molar-refractivity contribution in [2.75, 3.05) is 13.1 Å². The minimum absolute atomic E-state index is 0.0666. The molecule has 0 atom stereocenters. The number of halogens is 1. The van der Waals surface area contributed by atoms with Crippen LogP contribution in [0.25, 0.3) is 9.88 Å². The zero-order chi connectivity index (χ0) is 21.1. The number of aromatic nitrogens is 1. The maximum absolute atomic E-state index is 13.1. The Kier molecular flexibility index (Phi) is 6.28. The first-order valence-electron chi connectivity index (χ1n) is 9.45. The van der Waals surface area contributed by atoms with E-state index in [0.29, 0.717) is 19.4 Å². The van der Waals surface area contributed by atoms with Gasteiger partial charge < -0.3 is 5.32 Å². The highest BCUT2D eigenvalue weighted by Crippen LogP contribution is 2.28. The second-order valence-electron chi connectivity index (χ2n) is 6.97. The molecule has 158 valence electrons. The summed E-state index contributed by atoms with van der Waals surface area (Å²) in [4.78, 5) is 18.3. The first kappa shape index (κ1) is 21.1. The minimum atomic E-state index is -3.67. The van der Waals surface area contributed by atoms with E-state index in [-0.39, 0.29) is 29.8 Å². The highest BCUT2D eigenvalue weighted by atomic mass is 32.2. The van der Waals surface area contributed by atoms with Crippen LogP contribution in [0.1, 0.15) is 18.5 Å². The first-order valence-corrected chi connectivity index (χ1v) is 12.6. The number of nitrogens with zero attached hydrogens (tertiary/aromatic N) is 2. The summed E-state index contributed by atoms with van der Waals surface area (Å²) in [5, 5.41) is 7.79. The molecule has 1 N–H and O–H groups in total. The van der Waals surface area contributed by atoms with Gasteiger partial charge in [0, 0.05) is 24.4 Å². The maximum Gasteiger partial charge on any atom is 0.243 e. The number of carbonyl (C=O) groups is 1. The fourth-order valence-corrected chi connectivity index (χ4v) is 6.44. The Bertz CT molecular complexity index is 1100. The molecule has 3 aromatic rings. The number of hydrogen-bond acceptors (Lipinski definition) is 6. The summed E-state index contributed by atoms with van der Waals surface area (Å²) < 4.78 is 39.8. The Balaban J connectivity index is 1.29. The van der Waals surface area contributed by atoms with Crippen LogP contribution in [0.4, 0.5) is 4.39 Å². The Hall–Kier alpha value is -2.14. The van der Waals surface area contributed by atoms with Gasteiger partial charge in [-0.05, 0) is 48.6 Å². The maximum atomic E-state index is 13.1. The molecule has 0 bridgehead atoms. The lowest BCUT2D eigenvalue weighted by molar-refractivity contribution is -0.126. The van der Waals surface area contributed by atoms with Gasteiger partial charge >= 0.3 is 0 Å². The van der Waals surface area contributed by atoms with Crippen molar-refractivity contribution in [2.45, 2.75) is 24.3 Å². The smallest absolute Gasteiger partial charge is 0.243 e. The number of carbonyl (C=O) groups excluding carboxylic acids is 1. The van der Waals surface area contributed by atoms with Gasteiger partial charge in [0.05, 0.1) is 22.0 Å². The van der Waals surface area contributed by atoms with Crippen molar-refractivity contribution in [3.8, 4) is 9.88 Å². The van der Waals surface area contributed by atoms with Crippen molar-refractivity contribution < 1.29 is 17.6 Å². The lowest BCUT2D eigenvalue weighted by atomic mass is 9.97. The summed E-state index contributed by atoms with van der Waals surface area (Å²) in [5.41, 5.74) is 0.813. The molecule has 1 aliphatic rings. The molecule has 30 heavy (non-hydrogen) atoms. The SMILES string of the molecule is O=C(NCc1csc(-c2cccs2)n1)C1CCN(S(=O)(=O)c2ccc(F)cc2)CC1. The number of rotatable bonds is 6. The number of nitrogens with one attached hydrogen (secondary N) is 1. The van der Waals surface area contributed by atoms with Crippen LogP contribution in [-0.4, -0.2) is 36.7 Å². The molecule has 0 aliphatic carbocycles. The lowest BCUT2D eigenvalue weighted by Crippen LogP contribution is -2.42. The van der Waals surface area contributed by atoms with E-state index >= 15 is 0 Å². The van der Waals surface area contributed by atoms with E-state index < -0.39 is 15.8 Å². The molecular formula is C20H20FN3O3S3. The van der Waals surface area contributed by atoms with E-state index in [4.69, 9.17) is 0 Å². The second kappa shape index (κ2) is 8.93. The van der Waals surface area contributed by atoms with E-state index in [0.717, 1.165) is 27.7 Å². The average Bonchev–Trinajstić information content (AvgIpc) is 3.44. The van der Waals surface area contributed by atoms with E-state index in [1.54, 1.807) is 22.7 Å². The molecule has 1 amide bonds. The first-order chi connectivity index (χ1) is 14.4. The van der Waals surface area contributed by atoms with Gasteiger partial charge in [0.2, 0.25) is 15.9 Å². The van der Waals surface area contributed by atoms with Gasteiger partial charge in [-0.25, -0.2) is 17.8 Å². The lowest BCUT2D eigenvalue weighted by Gasteiger charge is -2.30. The van der Waals surface area contributed by atoms with Crippen molar-refractivity contribution in [1.82, 2.24) is 14.6 Å². The molecule has 1 aliphatic heterocycles. The zero-order valence-corrected chi connectivity index (χ0v) is 18.4. The standard InChI is InChI=1S/C20H20FN3O3S3/c21-15-3-5-17(6-4-15)30(26,27)24-9-7-14(8-10-24)19(25)22-12-16-13-29-20(23-16)18-2-1-11-28-18/h1-6,11,13-14H,7-10,12H2,(H,22,25). The second-order valence-corrected chi connectivity index (χ2v) is 10.7. The van der Waals surface area contributed by atoms with Crippen LogP contribution in [0.3, 0.4) is 0 Å². The van der Waals surface area contributed by atoms with Crippen molar-refractivity contribution in [1.29, 1.82) is 0 Å². The third kappa shape index (κ3) is 4.61. The fraction of sp³-hybridized carbons (Fsp3) is 0.300. The molecule has 2 aromatic heterocycles. The molecule has 1 saturated heterocycles. The number of piperidine rings is 1. The molecule has 0 unspecified atom stereocenters. The number of thiazole rings is 1. The van der Waals surface area contributed by atoms with E-state index in [9.17, 15) is 17.6 Å². The molecule has 6 nitrogen and oxygen atoms in total. The van der Waals surface area contributed by atoms with Crippen molar-refractivity contribution in [3.05, 3.63) is 58.7 Å². The summed E-state index contributed by atoms with van der Waals surface area (Å²) in [6, 6.07) is 8.79. The Morgan fingerprint density at radius 1 is 1.17 bits per heavy atom. The predicted octanol–water partition coefficient (Wildman–Crippen LogP) is 3.73. The van der Waals surface area contributed by atoms with Crippen LogP contribution in [0, 0.1) is 11.7 Å². The van der Waals surface area contributed by atoms with Crippen molar-refractivity contribution in [3.63, 3.8) is 0 Å². The third-order valence-corrected chi connectivity index (χ3v) is 8.85. The van der Waals surface area contributed by atoms with E-state index in [1.807, 2.05) is 22.9 Å². The Morgan fingerprint density at radius 3 is 2.57 bits per heavy atom. The highest BCUT2D eigenvalue weighted by Gasteiger charge is 2.32. The number of hydrogen-bond donors (Lipinski definition) is 1. The normalized spacial score (nSPS) is 15.9. The van der Waals surface area contributed by atoms with Gasteiger partial charge in [-0.3, -0.25) is 4.79 Å². The molecule has 10 heteroatoms. The zero-order valence-electron chi connectivity index (χ0n) is 16.0. The molecule has 3 heterocycles. The molecular weight excluding hydrogens is 445 g/mol. The quantitative estimate of drug-likeness (QED) is 0.602. The van der Waals surface area contributed by atoms with Crippen LogP contribution in [0.5, 0.6) is 0 Å². The monoisotopic (exact) mass is 465 g/mol. The van der Waals surface area contributed by atoms with E-state index in [2.05, 4.69) is 10.3 Å². The molecule has 0 saturated carbocycles.